The van der Waals surface area contributed by atoms with Gasteiger partial charge in [-0.2, -0.15) is 0 Å². The minimum atomic E-state index is -0.184. The lowest BCUT2D eigenvalue weighted by atomic mass is 10.1. The Hall–Kier alpha value is -1.36. The number of aromatic amines is 1. The second-order valence-electron chi connectivity index (χ2n) is 7.10. The van der Waals surface area contributed by atoms with Gasteiger partial charge in [0.05, 0.1) is 6.10 Å². The number of rotatable bonds is 4. The number of β-amino-alcohol motifs (C(OH)–C–C–N with tert-alkyl or cyclic N) is 1. The molecule has 0 radical (unpaired) electrons. The third-order valence-electron chi connectivity index (χ3n) is 5.57. The second kappa shape index (κ2) is 6.63. The van der Waals surface area contributed by atoms with Crippen molar-refractivity contribution in [1.82, 2.24) is 14.8 Å². The first-order chi connectivity index (χ1) is 11.3. The van der Waals surface area contributed by atoms with Crippen molar-refractivity contribution in [3.63, 3.8) is 0 Å². The predicted octanol–water partition coefficient (Wildman–Crippen LogP) is 2.24. The summed E-state index contributed by atoms with van der Waals surface area (Å²) >= 11 is 0. The lowest BCUT2D eigenvalue weighted by molar-refractivity contribution is 0.0706. The summed E-state index contributed by atoms with van der Waals surface area (Å²) in [4.78, 5) is 8.31. The zero-order valence-electron chi connectivity index (χ0n) is 13.7. The van der Waals surface area contributed by atoms with Gasteiger partial charge in [0.2, 0.25) is 0 Å². The summed E-state index contributed by atoms with van der Waals surface area (Å²) < 4.78 is 0. The molecule has 1 aromatic heterocycles. The van der Waals surface area contributed by atoms with Crippen LogP contribution in [-0.2, 0) is 6.42 Å². The quantitative estimate of drug-likeness (QED) is 0.910. The molecule has 2 N–H and O–H groups in total. The van der Waals surface area contributed by atoms with E-state index in [9.17, 15) is 5.11 Å². The van der Waals surface area contributed by atoms with Gasteiger partial charge in [-0.05, 0) is 44.0 Å². The summed E-state index contributed by atoms with van der Waals surface area (Å²) in [6, 6.07) is 8.84. The van der Waals surface area contributed by atoms with E-state index in [1.165, 1.54) is 35.7 Å². The maximum Gasteiger partial charge on any atom is 0.0834 e. The van der Waals surface area contributed by atoms with Crippen LogP contribution in [0.5, 0.6) is 0 Å². The summed E-state index contributed by atoms with van der Waals surface area (Å²) in [5.74, 6) is 0. The summed E-state index contributed by atoms with van der Waals surface area (Å²) in [6.07, 6.45) is 6.93. The highest BCUT2D eigenvalue weighted by atomic mass is 16.3. The van der Waals surface area contributed by atoms with Crippen LogP contribution >= 0.6 is 0 Å². The van der Waals surface area contributed by atoms with Crippen molar-refractivity contribution in [3.05, 3.63) is 36.0 Å². The van der Waals surface area contributed by atoms with E-state index < -0.39 is 0 Å². The Bertz CT molecular complexity index is 647. The third-order valence-corrected chi connectivity index (χ3v) is 5.57. The number of hydrogen-bond acceptors (Lipinski definition) is 3. The van der Waals surface area contributed by atoms with Gasteiger partial charge in [0.15, 0.2) is 0 Å². The maximum absolute atomic E-state index is 10.5. The highest BCUT2D eigenvalue weighted by molar-refractivity contribution is 5.83. The summed E-state index contributed by atoms with van der Waals surface area (Å²) in [7, 11) is 0. The molecule has 23 heavy (non-hydrogen) atoms. The summed E-state index contributed by atoms with van der Waals surface area (Å²) in [6.45, 7) is 5.20. The van der Waals surface area contributed by atoms with Crippen LogP contribution in [0.4, 0.5) is 0 Å². The molecule has 2 aliphatic heterocycles. The van der Waals surface area contributed by atoms with Crippen molar-refractivity contribution >= 4 is 10.9 Å². The molecular formula is C19H27N3O. The standard InChI is InChI=1S/C19H27N3O/c23-19-14-21(13-18(19)22-9-4-1-5-10-22)11-8-15-12-20-17-7-3-2-6-16(15)17/h2-3,6-7,12,18-20,23H,1,4-5,8-11,13-14H2/t18-,19-/m0/s1. The van der Waals surface area contributed by atoms with Gasteiger partial charge in [0, 0.05) is 42.8 Å². The van der Waals surface area contributed by atoms with E-state index in [1.54, 1.807) is 0 Å². The van der Waals surface area contributed by atoms with Crippen molar-refractivity contribution in [2.24, 2.45) is 0 Å². The van der Waals surface area contributed by atoms with Gasteiger partial charge in [-0.15, -0.1) is 0 Å². The van der Waals surface area contributed by atoms with Gasteiger partial charge >= 0.3 is 0 Å². The highest BCUT2D eigenvalue weighted by Gasteiger charge is 2.35. The Morgan fingerprint density at radius 2 is 1.91 bits per heavy atom. The van der Waals surface area contributed by atoms with Crippen molar-refractivity contribution in [1.29, 1.82) is 0 Å². The number of aliphatic hydroxyl groups excluding tert-OH is 1. The van der Waals surface area contributed by atoms with Crippen molar-refractivity contribution < 1.29 is 5.11 Å². The van der Waals surface area contributed by atoms with Gasteiger partial charge in [-0.25, -0.2) is 0 Å². The van der Waals surface area contributed by atoms with E-state index >= 15 is 0 Å². The molecule has 0 saturated carbocycles. The summed E-state index contributed by atoms with van der Waals surface area (Å²) in [5, 5.41) is 11.8. The SMILES string of the molecule is O[C@H]1CN(CCc2c[nH]c3ccccc23)C[C@@H]1N1CCCCC1. The van der Waals surface area contributed by atoms with Crippen LogP contribution in [0.25, 0.3) is 10.9 Å². The molecule has 3 heterocycles. The van der Waals surface area contributed by atoms with Crippen LogP contribution in [0.3, 0.4) is 0 Å². The molecule has 4 heteroatoms. The average Bonchev–Trinajstić information content (AvgIpc) is 3.17. The fourth-order valence-corrected chi connectivity index (χ4v) is 4.26. The van der Waals surface area contributed by atoms with E-state index in [4.69, 9.17) is 0 Å². The smallest absolute Gasteiger partial charge is 0.0834 e. The average molecular weight is 313 g/mol. The van der Waals surface area contributed by atoms with E-state index in [1.807, 2.05) is 0 Å². The van der Waals surface area contributed by atoms with Crippen molar-refractivity contribution in [3.8, 4) is 0 Å². The zero-order chi connectivity index (χ0) is 15.6. The first kappa shape index (κ1) is 15.2. The Morgan fingerprint density at radius 1 is 1.09 bits per heavy atom. The number of aliphatic hydroxyl groups is 1. The Morgan fingerprint density at radius 3 is 2.78 bits per heavy atom. The number of piperidine rings is 1. The lowest BCUT2D eigenvalue weighted by Gasteiger charge is -2.33. The number of nitrogens with zero attached hydrogens (tertiary/aromatic N) is 2. The van der Waals surface area contributed by atoms with Crippen LogP contribution in [0.2, 0.25) is 0 Å². The van der Waals surface area contributed by atoms with Crippen LogP contribution in [-0.4, -0.2) is 64.8 Å². The van der Waals surface area contributed by atoms with E-state index in [2.05, 4.69) is 45.2 Å². The first-order valence-electron chi connectivity index (χ1n) is 9.01. The molecule has 0 aliphatic carbocycles. The molecule has 2 atom stereocenters. The minimum Gasteiger partial charge on any atom is -0.390 e. The Balaban J connectivity index is 1.36. The van der Waals surface area contributed by atoms with E-state index in [0.29, 0.717) is 6.04 Å². The molecule has 0 spiro atoms. The second-order valence-corrected chi connectivity index (χ2v) is 7.10. The van der Waals surface area contributed by atoms with Crippen LogP contribution < -0.4 is 0 Å². The summed E-state index contributed by atoms with van der Waals surface area (Å²) in [5.41, 5.74) is 2.60. The van der Waals surface area contributed by atoms with Crippen LogP contribution in [0.15, 0.2) is 30.5 Å². The first-order valence-corrected chi connectivity index (χ1v) is 9.01. The number of fused-ring (bicyclic) bond motifs is 1. The minimum absolute atomic E-state index is 0.184. The number of nitrogens with one attached hydrogen (secondary N) is 1. The molecule has 2 aliphatic rings. The molecule has 1 aromatic carbocycles. The molecule has 2 saturated heterocycles. The van der Waals surface area contributed by atoms with Crippen LogP contribution in [0, 0.1) is 0 Å². The molecule has 124 valence electrons. The van der Waals surface area contributed by atoms with Gasteiger partial charge in [-0.3, -0.25) is 9.80 Å². The van der Waals surface area contributed by atoms with Gasteiger partial charge < -0.3 is 10.1 Å². The molecule has 2 aromatic rings. The number of H-pyrrole nitrogens is 1. The molecule has 2 fully saturated rings. The van der Waals surface area contributed by atoms with Crippen molar-refractivity contribution in [2.45, 2.75) is 37.8 Å². The number of benzene rings is 1. The zero-order valence-corrected chi connectivity index (χ0v) is 13.7. The fourth-order valence-electron chi connectivity index (χ4n) is 4.26. The Labute approximate surface area is 138 Å². The maximum atomic E-state index is 10.5. The number of aromatic nitrogens is 1. The molecule has 4 rings (SSSR count). The third kappa shape index (κ3) is 3.16. The van der Waals surface area contributed by atoms with Gasteiger partial charge in [0.1, 0.15) is 0 Å². The number of likely N-dealkylation sites (tertiary alicyclic amines) is 2. The monoisotopic (exact) mass is 313 g/mol. The highest BCUT2D eigenvalue weighted by Crippen LogP contribution is 2.22. The Kier molecular flexibility index (Phi) is 4.38. The number of para-hydroxylation sites is 1. The predicted molar refractivity (Wildman–Crippen MR) is 93.7 cm³/mol. The lowest BCUT2D eigenvalue weighted by Crippen LogP contribution is -2.45. The number of hydrogen-bond donors (Lipinski definition) is 2. The largest absolute Gasteiger partial charge is 0.390 e. The molecular weight excluding hydrogens is 286 g/mol. The molecule has 0 amide bonds. The van der Waals surface area contributed by atoms with E-state index in [0.717, 1.165) is 39.1 Å². The molecule has 0 unspecified atom stereocenters. The van der Waals surface area contributed by atoms with Crippen molar-refractivity contribution in [2.75, 3.05) is 32.7 Å². The molecule has 4 nitrogen and oxygen atoms in total. The van der Waals surface area contributed by atoms with Crippen LogP contribution in [0.1, 0.15) is 24.8 Å². The van der Waals surface area contributed by atoms with Gasteiger partial charge in [0.25, 0.3) is 0 Å². The fraction of sp³-hybridized carbons (Fsp3) is 0.579. The molecule has 0 bridgehead atoms. The van der Waals surface area contributed by atoms with E-state index in [-0.39, 0.29) is 6.10 Å². The topological polar surface area (TPSA) is 42.5 Å². The normalized spacial score (nSPS) is 27.0. The van der Waals surface area contributed by atoms with Gasteiger partial charge in [-0.1, -0.05) is 24.6 Å².